The van der Waals surface area contributed by atoms with Crippen LogP contribution in [0.2, 0.25) is 5.02 Å². The highest BCUT2D eigenvalue weighted by atomic mass is 79.9. The van der Waals surface area contributed by atoms with Crippen molar-refractivity contribution >= 4 is 44.8 Å². The monoisotopic (exact) mass is 389 g/mol. The van der Waals surface area contributed by atoms with E-state index in [2.05, 4.69) is 15.9 Å². The molecule has 110 valence electrons. The molecule has 0 bridgehead atoms. The van der Waals surface area contributed by atoms with Crippen LogP contribution in [0, 0.1) is 10.1 Å². The highest BCUT2D eigenvalue weighted by Gasteiger charge is 2.16. The lowest BCUT2D eigenvalue weighted by molar-refractivity contribution is -0.385. The number of ether oxygens (including phenoxy) is 1. The van der Waals surface area contributed by atoms with Gasteiger partial charge in [-0.1, -0.05) is 39.7 Å². The number of hydrogen-bond acceptors (Lipinski definition) is 3. The van der Waals surface area contributed by atoms with Crippen LogP contribution >= 0.6 is 39.1 Å². The average Bonchev–Trinajstić information content (AvgIpc) is 2.46. The van der Waals surface area contributed by atoms with Gasteiger partial charge >= 0.3 is 0 Å². The van der Waals surface area contributed by atoms with Crippen molar-refractivity contribution in [1.82, 2.24) is 0 Å². The van der Waals surface area contributed by atoms with Crippen molar-refractivity contribution in [1.29, 1.82) is 0 Å². The Morgan fingerprint density at radius 3 is 2.67 bits per heavy atom. The van der Waals surface area contributed by atoms with Gasteiger partial charge in [0.1, 0.15) is 12.4 Å². The summed E-state index contributed by atoms with van der Waals surface area (Å²) >= 11 is 15.1. The van der Waals surface area contributed by atoms with Crippen LogP contribution in [0.1, 0.15) is 11.1 Å². The molecule has 0 amide bonds. The van der Waals surface area contributed by atoms with Crippen LogP contribution in [0.15, 0.2) is 40.9 Å². The fourth-order valence-corrected chi connectivity index (χ4v) is 2.61. The molecule has 0 aromatic heterocycles. The van der Waals surface area contributed by atoms with E-state index in [1.807, 2.05) is 0 Å². The van der Waals surface area contributed by atoms with Crippen molar-refractivity contribution in [2.45, 2.75) is 12.5 Å². The topological polar surface area (TPSA) is 52.4 Å². The Kier molecular flexibility index (Phi) is 5.45. The molecule has 4 nitrogen and oxygen atoms in total. The zero-order chi connectivity index (χ0) is 15.4. The zero-order valence-corrected chi connectivity index (χ0v) is 13.8. The number of nitro benzene ring substituents is 1. The van der Waals surface area contributed by atoms with E-state index in [9.17, 15) is 10.1 Å². The molecule has 0 atom stereocenters. The molecular weight excluding hydrogens is 381 g/mol. The third-order valence-corrected chi connectivity index (χ3v) is 3.89. The van der Waals surface area contributed by atoms with Crippen LogP contribution in [0.25, 0.3) is 0 Å². The highest BCUT2D eigenvalue weighted by molar-refractivity contribution is 9.10. The van der Waals surface area contributed by atoms with E-state index in [0.29, 0.717) is 20.8 Å². The van der Waals surface area contributed by atoms with Gasteiger partial charge in [-0.2, -0.15) is 0 Å². The Morgan fingerprint density at radius 1 is 1.24 bits per heavy atom. The molecule has 7 heteroatoms. The summed E-state index contributed by atoms with van der Waals surface area (Å²) in [6.07, 6.45) is 0. The van der Waals surface area contributed by atoms with Crippen molar-refractivity contribution in [3.63, 3.8) is 0 Å². The van der Waals surface area contributed by atoms with Crippen LogP contribution in [-0.2, 0) is 12.5 Å². The molecule has 0 fully saturated rings. The molecule has 2 rings (SSSR count). The maximum Gasteiger partial charge on any atom is 0.277 e. The lowest BCUT2D eigenvalue weighted by Crippen LogP contribution is -2.02. The maximum atomic E-state index is 11.1. The van der Waals surface area contributed by atoms with Crippen molar-refractivity contribution in [2.24, 2.45) is 0 Å². The minimum Gasteiger partial charge on any atom is -0.487 e. The van der Waals surface area contributed by atoms with E-state index in [1.54, 1.807) is 30.3 Å². The predicted octanol–water partition coefficient (Wildman–Crippen LogP) is 5.33. The first-order valence-electron chi connectivity index (χ1n) is 5.92. The van der Waals surface area contributed by atoms with E-state index in [0.717, 1.165) is 5.56 Å². The van der Waals surface area contributed by atoms with E-state index in [4.69, 9.17) is 27.9 Å². The Hall–Kier alpha value is -1.30. The number of benzene rings is 2. The Balaban J connectivity index is 2.27. The van der Waals surface area contributed by atoms with Crippen LogP contribution < -0.4 is 4.74 Å². The fourth-order valence-electron chi connectivity index (χ4n) is 1.80. The van der Waals surface area contributed by atoms with E-state index < -0.39 is 4.92 Å². The number of halogens is 3. The van der Waals surface area contributed by atoms with Crippen molar-refractivity contribution in [3.05, 3.63) is 67.1 Å². The lowest BCUT2D eigenvalue weighted by atomic mass is 10.2. The molecule has 0 aliphatic heterocycles. The third-order valence-electron chi connectivity index (χ3n) is 2.81. The maximum absolute atomic E-state index is 11.1. The molecule has 0 N–H and O–H groups in total. The molecule has 21 heavy (non-hydrogen) atoms. The number of rotatable bonds is 5. The van der Waals surface area contributed by atoms with Gasteiger partial charge in [-0.05, 0) is 18.2 Å². The van der Waals surface area contributed by atoms with Gasteiger partial charge in [0, 0.05) is 16.1 Å². The molecule has 0 radical (unpaired) electrons. The standard InChI is InChI=1S/C14H10BrCl2NO3/c15-11-5-4-10(13(6-11)18(19)20)8-21-14-9(7-16)2-1-3-12(14)17/h1-6H,7-8H2. The van der Waals surface area contributed by atoms with Gasteiger partial charge in [0.2, 0.25) is 0 Å². The Morgan fingerprint density at radius 2 is 2.00 bits per heavy atom. The van der Waals surface area contributed by atoms with Crippen molar-refractivity contribution < 1.29 is 9.66 Å². The molecule has 2 aromatic carbocycles. The number of hydrogen-bond donors (Lipinski definition) is 0. The minimum absolute atomic E-state index is 0.0103. The normalized spacial score (nSPS) is 10.4. The van der Waals surface area contributed by atoms with E-state index in [1.165, 1.54) is 6.07 Å². The SMILES string of the molecule is O=[N+]([O-])c1cc(Br)ccc1COc1c(Cl)cccc1CCl. The number of nitro groups is 1. The molecule has 0 unspecified atom stereocenters. The summed E-state index contributed by atoms with van der Waals surface area (Å²) in [7, 11) is 0. The summed E-state index contributed by atoms with van der Waals surface area (Å²) < 4.78 is 6.28. The second kappa shape index (κ2) is 7.11. The van der Waals surface area contributed by atoms with Gasteiger partial charge in [0.05, 0.1) is 21.4 Å². The Labute approximate surface area is 139 Å². The van der Waals surface area contributed by atoms with Gasteiger partial charge in [0.25, 0.3) is 5.69 Å². The molecule has 0 heterocycles. The van der Waals surface area contributed by atoms with Gasteiger partial charge in [0.15, 0.2) is 0 Å². The Bertz CT molecular complexity index is 679. The average molecular weight is 391 g/mol. The van der Waals surface area contributed by atoms with Gasteiger partial charge in [-0.25, -0.2) is 0 Å². The summed E-state index contributed by atoms with van der Waals surface area (Å²) in [4.78, 5) is 10.6. The molecule has 0 aliphatic rings. The first kappa shape index (κ1) is 16.1. The van der Waals surface area contributed by atoms with Gasteiger partial charge in [-0.15, -0.1) is 11.6 Å². The minimum atomic E-state index is -0.446. The summed E-state index contributed by atoms with van der Waals surface area (Å²) in [5.74, 6) is 0.699. The molecule has 0 saturated carbocycles. The smallest absolute Gasteiger partial charge is 0.277 e. The van der Waals surface area contributed by atoms with Crippen LogP contribution in [0.4, 0.5) is 5.69 Å². The molecule has 2 aromatic rings. The third kappa shape index (κ3) is 3.87. The first-order valence-corrected chi connectivity index (χ1v) is 7.62. The van der Waals surface area contributed by atoms with Crippen LogP contribution in [-0.4, -0.2) is 4.92 Å². The number of para-hydroxylation sites is 1. The summed E-state index contributed by atoms with van der Waals surface area (Å²) in [5.41, 5.74) is 1.19. The lowest BCUT2D eigenvalue weighted by Gasteiger charge is -2.12. The zero-order valence-electron chi connectivity index (χ0n) is 10.7. The highest BCUT2D eigenvalue weighted by Crippen LogP contribution is 2.32. The summed E-state index contributed by atoms with van der Waals surface area (Å²) in [5, 5.41) is 11.5. The number of alkyl halides is 1. The molecule has 0 spiro atoms. The van der Waals surface area contributed by atoms with Gasteiger partial charge < -0.3 is 4.74 Å². The van der Waals surface area contributed by atoms with Crippen molar-refractivity contribution in [3.8, 4) is 5.75 Å². The van der Waals surface area contributed by atoms with Crippen LogP contribution in [0.5, 0.6) is 5.75 Å². The fraction of sp³-hybridized carbons (Fsp3) is 0.143. The second-order valence-electron chi connectivity index (χ2n) is 4.18. The van der Waals surface area contributed by atoms with E-state index in [-0.39, 0.29) is 18.2 Å². The van der Waals surface area contributed by atoms with Gasteiger partial charge in [-0.3, -0.25) is 10.1 Å². The molecule has 0 saturated heterocycles. The summed E-state index contributed by atoms with van der Waals surface area (Å²) in [6.45, 7) is 0.0389. The second-order valence-corrected chi connectivity index (χ2v) is 5.77. The van der Waals surface area contributed by atoms with Crippen molar-refractivity contribution in [2.75, 3.05) is 0 Å². The largest absolute Gasteiger partial charge is 0.487 e. The number of nitrogens with zero attached hydrogens (tertiary/aromatic N) is 1. The van der Waals surface area contributed by atoms with E-state index >= 15 is 0 Å². The summed E-state index contributed by atoms with van der Waals surface area (Å²) in [6, 6.07) is 10.1. The molecule has 0 aliphatic carbocycles. The first-order chi connectivity index (χ1) is 10.0. The predicted molar refractivity (Wildman–Crippen MR) is 86.1 cm³/mol. The van der Waals surface area contributed by atoms with Crippen LogP contribution in [0.3, 0.4) is 0 Å². The quantitative estimate of drug-likeness (QED) is 0.394. The molecular formula is C14H10BrCl2NO3.